The molecule has 3 fully saturated rings. The number of aromatic nitrogens is 3. The molecule has 14 nitrogen and oxygen atoms in total. The molecule has 0 saturated carbocycles. The van der Waals surface area contributed by atoms with Crippen LogP contribution < -0.4 is 21.1 Å². The fourth-order valence-electron chi connectivity index (χ4n) is 9.25. The van der Waals surface area contributed by atoms with Gasteiger partial charge in [0.15, 0.2) is 11.6 Å². The molecule has 63 heavy (non-hydrogen) atoms. The molecular weight excluding hydrogens is 848 g/mol. The Hall–Kier alpha value is -5.09. The van der Waals surface area contributed by atoms with Crippen molar-refractivity contribution in [2.75, 3.05) is 56.9 Å². The smallest absolute Gasteiger partial charge is 0.264 e. The molecule has 0 radical (unpaired) electrons. The number of ether oxygens (including phenoxy) is 1. The highest BCUT2D eigenvalue weighted by Gasteiger charge is 2.45. The number of carbonyl (C=O) groups is 4. The van der Waals surface area contributed by atoms with E-state index < -0.39 is 35.7 Å². The van der Waals surface area contributed by atoms with Crippen molar-refractivity contribution in [3.05, 3.63) is 87.5 Å². The summed E-state index contributed by atoms with van der Waals surface area (Å²) in [6.45, 7) is 8.74. The first-order valence-corrected chi connectivity index (χ1v) is 22.8. The van der Waals surface area contributed by atoms with Crippen LogP contribution in [-0.2, 0) is 9.59 Å². The normalized spacial score (nSPS) is 19.3. The Labute approximate surface area is 376 Å². The van der Waals surface area contributed by atoms with Crippen molar-refractivity contribution in [1.29, 1.82) is 0 Å². The molecule has 3 saturated heterocycles. The number of piperidine rings is 2. The highest BCUT2D eigenvalue weighted by Crippen LogP contribution is 2.38. The van der Waals surface area contributed by atoms with Crippen LogP contribution in [-0.4, -0.2) is 105 Å². The van der Waals surface area contributed by atoms with Crippen LogP contribution in [0.15, 0.2) is 55.0 Å². The minimum absolute atomic E-state index is 0.0834. The first kappa shape index (κ1) is 44.5. The molecule has 2 aromatic heterocycles. The summed E-state index contributed by atoms with van der Waals surface area (Å²) in [5.41, 5.74) is 9.42. The quantitative estimate of drug-likeness (QED) is 0.0513. The largest absolute Gasteiger partial charge is 0.482 e. The summed E-state index contributed by atoms with van der Waals surface area (Å²) in [6, 6.07) is 9.01. The number of anilines is 2. The fourth-order valence-corrected chi connectivity index (χ4v) is 9.93. The predicted octanol–water partition coefficient (Wildman–Crippen LogP) is 7.54. The molecule has 8 rings (SSSR count). The second kappa shape index (κ2) is 19.7. The van der Waals surface area contributed by atoms with Gasteiger partial charge in [0.05, 0.1) is 28.4 Å². The Morgan fingerprint density at radius 2 is 1.65 bits per heavy atom. The topological polar surface area (TPSA) is 168 Å². The number of nitrogens with two attached hydrogens (primary N) is 1. The number of carbonyl (C=O) groups excluding carboxylic acids is 4. The maximum absolute atomic E-state index is 14.2. The molecule has 17 heteroatoms. The van der Waals surface area contributed by atoms with E-state index in [0.717, 1.165) is 68.1 Å². The van der Waals surface area contributed by atoms with E-state index >= 15 is 0 Å². The van der Waals surface area contributed by atoms with Crippen LogP contribution in [0.25, 0.3) is 11.1 Å². The minimum atomic E-state index is -0.973. The number of hydrogen-bond acceptors (Lipinski definition) is 11. The molecule has 2 atom stereocenters. The van der Waals surface area contributed by atoms with Gasteiger partial charge in [-0.1, -0.05) is 55.0 Å². The SMILES string of the molecule is CC(Oc1cc(-c2cnn(C3CCN(CCCCCCCCN4CC(CNc5cccc6c5C(=O)N(C5CCC(=O)NC5=O)C6=O)C4)CC3)c2)cnc1N)c1c(Cl)ccc(F)c1Cl. The highest BCUT2D eigenvalue weighted by atomic mass is 35.5. The summed E-state index contributed by atoms with van der Waals surface area (Å²) in [7, 11) is 0. The third-order valence-corrected chi connectivity index (χ3v) is 13.5. The molecule has 2 aromatic carbocycles. The summed E-state index contributed by atoms with van der Waals surface area (Å²) < 4.78 is 22.3. The lowest BCUT2D eigenvalue weighted by Gasteiger charge is -2.39. The van der Waals surface area contributed by atoms with Gasteiger partial charge >= 0.3 is 0 Å². The number of nitrogens with one attached hydrogen (secondary N) is 2. The Kier molecular flexibility index (Phi) is 14.0. The lowest BCUT2D eigenvalue weighted by Crippen LogP contribution is -2.54. The molecule has 6 heterocycles. The average molecular weight is 903 g/mol. The van der Waals surface area contributed by atoms with Crippen LogP contribution in [0.1, 0.15) is 110 Å². The first-order chi connectivity index (χ1) is 30.4. The van der Waals surface area contributed by atoms with Crippen LogP contribution in [0.4, 0.5) is 15.9 Å². The van der Waals surface area contributed by atoms with Gasteiger partial charge in [0.2, 0.25) is 11.8 Å². The summed E-state index contributed by atoms with van der Waals surface area (Å²) in [4.78, 5) is 61.0. The average Bonchev–Trinajstić information content (AvgIpc) is 3.85. The van der Waals surface area contributed by atoms with Crippen molar-refractivity contribution < 1.29 is 28.3 Å². The van der Waals surface area contributed by atoms with Gasteiger partial charge in [0, 0.05) is 84.9 Å². The molecule has 0 bridgehead atoms. The zero-order valence-corrected chi connectivity index (χ0v) is 37.0. The van der Waals surface area contributed by atoms with E-state index in [2.05, 4.69) is 30.1 Å². The van der Waals surface area contributed by atoms with E-state index in [9.17, 15) is 23.6 Å². The maximum Gasteiger partial charge on any atom is 0.264 e. The van der Waals surface area contributed by atoms with Crippen molar-refractivity contribution in [3.8, 4) is 16.9 Å². The van der Waals surface area contributed by atoms with E-state index in [-0.39, 0.29) is 29.6 Å². The van der Waals surface area contributed by atoms with Crippen molar-refractivity contribution in [2.24, 2.45) is 5.92 Å². The number of hydrogen-bond donors (Lipinski definition) is 3. The lowest BCUT2D eigenvalue weighted by atomic mass is 9.98. The zero-order valence-electron chi connectivity index (χ0n) is 35.5. The number of unbranched alkanes of at least 4 members (excludes halogenated alkanes) is 5. The van der Waals surface area contributed by atoms with Gasteiger partial charge in [-0.25, -0.2) is 9.37 Å². The molecule has 4 N–H and O–H groups in total. The van der Waals surface area contributed by atoms with E-state index in [4.69, 9.17) is 38.8 Å². The molecule has 4 aliphatic rings. The number of rotatable bonds is 18. The van der Waals surface area contributed by atoms with E-state index in [1.165, 1.54) is 50.7 Å². The molecular formula is C46H54Cl2FN9O5. The van der Waals surface area contributed by atoms with Crippen molar-refractivity contribution in [2.45, 2.75) is 89.3 Å². The number of pyridine rings is 1. The molecule has 0 spiro atoms. The van der Waals surface area contributed by atoms with Crippen molar-refractivity contribution >= 4 is 58.3 Å². The number of nitrogen functional groups attached to an aromatic ring is 1. The molecule has 4 amide bonds. The number of amides is 4. The summed E-state index contributed by atoms with van der Waals surface area (Å²) in [6.07, 6.45) is 14.6. The van der Waals surface area contributed by atoms with Crippen LogP contribution in [0.3, 0.4) is 0 Å². The third kappa shape index (κ3) is 10.0. The standard InChI is InChI=1S/C46H54Cl2FN9O5/c1-28(40-34(47)11-12-35(49)42(40)48)63-38-21-30(23-52-43(38)50)31-24-53-57(27-31)32-15-19-55(20-16-32)17-6-4-2-3-5-7-18-56-25-29(26-56)22-51-36-10-8-9-33-41(36)46(62)58(45(33)61)37-13-14-39(59)54-44(37)60/h8-12,21,23-24,27-29,32,37,51H,2-7,13-20,22,25-26H2,1H3,(H2,50,52)(H,54,59,60). The van der Waals surface area contributed by atoms with Gasteiger partial charge in [-0.05, 0) is 82.4 Å². The number of fused-ring (bicyclic) bond motifs is 1. The number of likely N-dealkylation sites (tertiary alicyclic amines) is 2. The molecule has 0 aliphatic carbocycles. The van der Waals surface area contributed by atoms with Gasteiger partial charge in [0.25, 0.3) is 11.8 Å². The van der Waals surface area contributed by atoms with Crippen molar-refractivity contribution in [3.63, 3.8) is 0 Å². The minimum Gasteiger partial charge on any atom is -0.482 e. The number of benzene rings is 2. The molecule has 4 aliphatic heterocycles. The fraction of sp³-hybridized carbons (Fsp3) is 0.478. The second-order valence-electron chi connectivity index (χ2n) is 17.2. The highest BCUT2D eigenvalue weighted by molar-refractivity contribution is 6.36. The van der Waals surface area contributed by atoms with Crippen LogP contribution in [0, 0.1) is 11.7 Å². The Morgan fingerprint density at radius 1 is 0.921 bits per heavy atom. The number of nitrogens with zero attached hydrogens (tertiary/aromatic N) is 6. The van der Waals surface area contributed by atoms with Gasteiger partial charge in [-0.15, -0.1) is 0 Å². The summed E-state index contributed by atoms with van der Waals surface area (Å²) >= 11 is 12.5. The second-order valence-corrected chi connectivity index (χ2v) is 18.0. The lowest BCUT2D eigenvalue weighted by molar-refractivity contribution is -0.136. The number of imide groups is 2. The maximum atomic E-state index is 14.2. The van der Waals surface area contributed by atoms with Crippen molar-refractivity contribution in [1.82, 2.24) is 34.8 Å². The molecule has 2 unspecified atom stereocenters. The Balaban J connectivity index is 0.681. The Morgan fingerprint density at radius 3 is 2.40 bits per heavy atom. The van der Waals surface area contributed by atoms with Crippen LogP contribution in [0.2, 0.25) is 10.0 Å². The van der Waals surface area contributed by atoms with Gasteiger partial charge in [0.1, 0.15) is 18.0 Å². The first-order valence-electron chi connectivity index (χ1n) is 22.1. The monoisotopic (exact) mass is 901 g/mol. The van der Waals surface area contributed by atoms with Crippen LogP contribution in [0.5, 0.6) is 5.75 Å². The molecule has 4 aromatic rings. The summed E-state index contributed by atoms with van der Waals surface area (Å²) in [5.74, 6) is -1.54. The van der Waals surface area contributed by atoms with E-state index in [1.54, 1.807) is 31.3 Å². The van der Waals surface area contributed by atoms with Gasteiger partial charge < -0.3 is 25.6 Å². The zero-order chi connectivity index (χ0) is 44.2. The van der Waals surface area contributed by atoms with Gasteiger partial charge in [-0.2, -0.15) is 5.10 Å². The third-order valence-electron chi connectivity index (χ3n) is 12.8. The molecule has 334 valence electrons. The van der Waals surface area contributed by atoms with Gasteiger partial charge in [-0.3, -0.25) is 34.1 Å². The van der Waals surface area contributed by atoms with Crippen LogP contribution >= 0.6 is 23.2 Å². The predicted molar refractivity (Wildman–Crippen MR) is 239 cm³/mol. The number of halogens is 3. The van der Waals surface area contributed by atoms with E-state index in [0.29, 0.717) is 51.7 Å². The van der Waals surface area contributed by atoms with E-state index in [1.807, 2.05) is 18.5 Å². The Bertz CT molecular complexity index is 2350. The summed E-state index contributed by atoms with van der Waals surface area (Å²) in [5, 5.41) is 10.6.